The van der Waals surface area contributed by atoms with Gasteiger partial charge in [0.15, 0.2) is 0 Å². The molecule has 60 valence electrons. The third-order valence-electron chi connectivity index (χ3n) is 0.855. The van der Waals surface area contributed by atoms with Crippen molar-refractivity contribution in [3.63, 3.8) is 0 Å². The molecule has 0 spiro atoms. The monoisotopic (exact) mass is 155 g/mol. The Bertz CT molecular complexity index is 214. The van der Waals surface area contributed by atoms with Gasteiger partial charge in [-0.15, -0.1) is 4.99 Å². The number of nitrogens with zero attached hydrogens (tertiary/aromatic N) is 1. The van der Waals surface area contributed by atoms with E-state index < -0.39 is 5.91 Å². The Morgan fingerprint density at radius 1 is 1.73 bits per heavy atom. The molecule has 0 atom stereocenters. The van der Waals surface area contributed by atoms with Gasteiger partial charge in [-0.3, -0.25) is 4.79 Å². The molecule has 4 nitrogen and oxygen atoms in total. The zero-order chi connectivity index (χ0) is 8.69. The summed E-state index contributed by atoms with van der Waals surface area (Å²) in [5.41, 5.74) is 0. The van der Waals surface area contributed by atoms with Crippen molar-refractivity contribution < 1.29 is 14.3 Å². The first kappa shape index (κ1) is 9.59. The second-order valence-corrected chi connectivity index (χ2v) is 1.73. The Morgan fingerprint density at radius 3 is 2.82 bits per heavy atom. The number of carbonyl (C=O) groups is 1. The van der Waals surface area contributed by atoms with Crippen molar-refractivity contribution >= 4 is 12.0 Å². The van der Waals surface area contributed by atoms with Crippen molar-refractivity contribution in [2.45, 2.75) is 13.8 Å². The van der Waals surface area contributed by atoms with E-state index in [2.05, 4.69) is 4.99 Å². The van der Waals surface area contributed by atoms with Crippen molar-refractivity contribution in [1.29, 1.82) is 0 Å². The summed E-state index contributed by atoms with van der Waals surface area (Å²) < 4.78 is 4.91. The van der Waals surface area contributed by atoms with E-state index in [1.165, 1.54) is 0 Å². The molecule has 0 aliphatic heterocycles. The molecular weight excluding hydrogens is 146 g/mol. The molecule has 0 fully saturated rings. The van der Waals surface area contributed by atoms with Crippen molar-refractivity contribution in [2.24, 2.45) is 4.99 Å². The smallest absolute Gasteiger partial charge is 0.283 e. The predicted molar refractivity (Wildman–Crippen MR) is 38.5 cm³/mol. The normalized spacial score (nSPS) is 10.2. The molecule has 0 aliphatic carbocycles. The zero-order valence-electron chi connectivity index (χ0n) is 6.46. The molecule has 0 bridgehead atoms. The predicted octanol–water partition coefficient (Wildman–Crippen LogP) is 0.789. The number of aliphatic imine (C=N–C) groups is 1. The van der Waals surface area contributed by atoms with Gasteiger partial charge >= 0.3 is 0 Å². The van der Waals surface area contributed by atoms with Crippen molar-refractivity contribution in [3.05, 3.63) is 11.8 Å². The van der Waals surface area contributed by atoms with Crippen LogP contribution in [0.3, 0.4) is 0 Å². The molecule has 4 heteroatoms. The minimum atomic E-state index is -0.647. The first-order valence-electron chi connectivity index (χ1n) is 3.13. The summed E-state index contributed by atoms with van der Waals surface area (Å²) in [7, 11) is 0. The summed E-state index contributed by atoms with van der Waals surface area (Å²) in [6.07, 6.45) is 2.27. The average molecular weight is 155 g/mol. The highest BCUT2D eigenvalue weighted by Gasteiger charge is 1.94. The van der Waals surface area contributed by atoms with E-state index in [1.54, 1.807) is 13.8 Å². The molecule has 11 heavy (non-hydrogen) atoms. The molecule has 0 aromatic rings. The molecular formula is C7H9NO3. The van der Waals surface area contributed by atoms with E-state index in [0.717, 1.165) is 12.2 Å². The van der Waals surface area contributed by atoms with Gasteiger partial charge in [0.25, 0.3) is 5.91 Å². The van der Waals surface area contributed by atoms with E-state index in [0.29, 0.717) is 12.4 Å². The Labute approximate surface area is 64.6 Å². The molecule has 0 saturated heterocycles. The second kappa shape index (κ2) is 5.38. The Kier molecular flexibility index (Phi) is 4.69. The highest BCUT2D eigenvalue weighted by atomic mass is 16.5. The fourth-order valence-corrected chi connectivity index (χ4v) is 0.520. The summed E-state index contributed by atoms with van der Waals surface area (Å²) in [5.74, 6) is -0.206. The number of ether oxygens (including phenoxy) is 1. The Morgan fingerprint density at radius 2 is 2.36 bits per heavy atom. The molecule has 0 N–H and O–H groups in total. The first-order chi connectivity index (χ1) is 5.20. The van der Waals surface area contributed by atoms with Crippen LogP contribution in [0.2, 0.25) is 0 Å². The van der Waals surface area contributed by atoms with Crippen LogP contribution in [0.15, 0.2) is 16.8 Å². The highest BCUT2D eigenvalue weighted by Crippen LogP contribution is 1.94. The zero-order valence-corrected chi connectivity index (χ0v) is 6.46. The van der Waals surface area contributed by atoms with Crippen LogP contribution in [0.4, 0.5) is 0 Å². The van der Waals surface area contributed by atoms with Crippen LogP contribution < -0.4 is 0 Å². The second-order valence-electron chi connectivity index (χ2n) is 1.73. The van der Waals surface area contributed by atoms with Crippen molar-refractivity contribution in [3.8, 4) is 0 Å². The molecule has 0 aromatic heterocycles. The topological polar surface area (TPSA) is 55.7 Å². The average Bonchev–Trinajstić information content (AvgIpc) is 1.87. The molecule has 0 unspecified atom stereocenters. The number of carbonyl (C=O) groups excluding carboxylic acids is 2. The first-order valence-corrected chi connectivity index (χ1v) is 3.13. The van der Waals surface area contributed by atoms with E-state index >= 15 is 0 Å². The number of hydrogen-bond acceptors (Lipinski definition) is 3. The lowest BCUT2D eigenvalue weighted by molar-refractivity contribution is -0.113. The summed E-state index contributed by atoms with van der Waals surface area (Å²) in [6, 6.07) is 0. The maximum Gasteiger partial charge on any atom is 0.283 e. The lowest BCUT2D eigenvalue weighted by atomic mass is 10.4. The van der Waals surface area contributed by atoms with E-state index in [1.807, 2.05) is 0 Å². The molecule has 1 amide bonds. The van der Waals surface area contributed by atoms with Gasteiger partial charge in [0.2, 0.25) is 6.08 Å². The van der Waals surface area contributed by atoms with Crippen LogP contribution in [0.5, 0.6) is 0 Å². The van der Waals surface area contributed by atoms with Crippen LogP contribution in [0.25, 0.3) is 0 Å². The summed E-state index contributed by atoms with van der Waals surface area (Å²) in [6.45, 7) is 3.90. The molecule has 0 rings (SSSR count). The summed E-state index contributed by atoms with van der Waals surface area (Å²) in [4.78, 5) is 23.0. The van der Waals surface area contributed by atoms with E-state index in [4.69, 9.17) is 4.74 Å². The lowest BCUT2D eigenvalue weighted by Gasteiger charge is -1.98. The third-order valence-corrected chi connectivity index (χ3v) is 0.855. The van der Waals surface area contributed by atoms with E-state index in [-0.39, 0.29) is 0 Å². The van der Waals surface area contributed by atoms with Crippen LogP contribution in [-0.2, 0) is 14.3 Å². The van der Waals surface area contributed by atoms with Crippen LogP contribution in [0, 0.1) is 0 Å². The van der Waals surface area contributed by atoms with Gasteiger partial charge in [0.05, 0.1) is 12.4 Å². The van der Waals surface area contributed by atoms with Gasteiger partial charge in [-0.1, -0.05) is 0 Å². The minimum Gasteiger partial charge on any atom is -0.498 e. The summed E-state index contributed by atoms with van der Waals surface area (Å²) >= 11 is 0. The molecule has 0 aromatic carbocycles. The van der Waals surface area contributed by atoms with Crippen molar-refractivity contribution in [2.75, 3.05) is 6.61 Å². The van der Waals surface area contributed by atoms with Crippen LogP contribution >= 0.6 is 0 Å². The van der Waals surface area contributed by atoms with E-state index in [9.17, 15) is 9.59 Å². The number of hydrogen-bond donors (Lipinski definition) is 0. The van der Waals surface area contributed by atoms with Crippen molar-refractivity contribution in [1.82, 2.24) is 0 Å². The van der Waals surface area contributed by atoms with Gasteiger partial charge in [-0.05, 0) is 13.8 Å². The van der Waals surface area contributed by atoms with Gasteiger partial charge in [-0.2, -0.15) is 0 Å². The fourth-order valence-electron chi connectivity index (χ4n) is 0.520. The number of rotatable bonds is 3. The van der Waals surface area contributed by atoms with Crippen LogP contribution in [-0.4, -0.2) is 18.6 Å². The minimum absolute atomic E-state index is 0.441. The Balaban J connectivity index is 4.07. The third kappa shape index (κ3) is 5.06. The quantitative estimate of drug-likeness (QED) is 0.262. The number of isocyanates is 1. The van der Waals surface area contributed by atoms with Gasteiger partial charge in [0, 0.05) is 6.08 Å². The number of allylic oxidation sites excluding steroid dienone is 1. The largest absolute Gasteiger partial charge is 0.498 e. The fraction of sp³-hybridized carbons (Fsp3) is 0.429. The van der Waals surface area contributed by atoms with Crippen LogP contribution in [0.1, 0.15) is 13.8 Å². The summed E-state index contributed by atoms with van der Waals surface area (Å²) in [5, 5.41) is 0. The highest BCUT2D eigenvalue weighted by molar-refractivity contribution is 5.91. The molecule has 0 radical (unpaired) electrons. The standard InChI is InChI=1S/C7H9NO3/c1-3-11-6(2)4-7(10)8-5-9/h4H,3H2,1-2H3/b6-4-. The maximum absolute atomic E-state index is 10.5. The molecule has 0 heterocycles. The molecule has 0 aliphatic rings. The SMILES string of the molecule is CCO/C(C)=C\C(=O)N=C=O. The molecule has 0 saturated carbocycles. The number of amides is 1. The lowest BCUT2D eigenvalue weighted by Crippen LogP contribution is -1.92. The Hall–Kier alpha value is -1.41. The maximum atomic E-state index is 10.5. The van der Waals surface area contributed by atoms with Gasteiger partial charge < -0.3 is 4.74 Å². The van der Waals surface area contributed by atoms with Gasteiger partial charge in [-0.25, -0.2) is 4.79 Å². The van der Waals surface area contributed by atoms with Gasteiger partial charge in [0.1, 0.15) is 0 Å².